The summed E-state index contributed by atoms with van der Waals surface area (Å²) in [6.07, 6.45) is 5.53. The molecular weight excluding hydrogens is 344 g/mol. The van der Waals surface area contributed by atoms with Crippen LogP contribution in [-0.2, 0) is 0 Å². The van der Waals surface area contributed by atoms with Gasteiger partial charge in [0.15, 0.2) is 0 Å². The molecule has 0 spiro atoms. The lowest BCUT2D eigenvalue weighted by molar-refractivity contribution is 1.32. The van der Waals surface area contributed by atoms with E-state index in [1.807, 2.05) is 54.9 Å². The van der Waals surface area contributed by atoms with Gasteiger partial charge in [0.1, 0.15) is 23.8 Å². The van der Waals surface area contributed by atoms with Crippen LogP contribution >= 0.6 is 0 Å². The van der Waals surface area contributed by atoms with Gasteiger partial charge in [0.2, 0.25) is 0 Å². The summed E-state index contributed by atoms with van der Waals surface area (Å²) in [7, 11) is 1.74. The molecule has 0 radical (unpaired) electrons. The second kappa shape index (κ2) is 6.95. The Labute approximate surface area is 162 Å². The highest BCUT2D eigenvalue weighted by Gasteiger charge is 2.21. The number of rotatable bonds is 3. The molecule has 1 atom stereocenters. The zero-order chi connectivity index (χ0) is 19.7. The van der Waals surface area contributed by atoms with Crippen LogP contribution in [0.15, 0.2) is 59.0 Å². The van der Waals surface area contributed by atoms with Crippen molar-refractivity contribution in [3.8, 4) is 12.1 Å². The third-order valence-corrected chi connectivity index (χ3v) is 4.93. The number of nitriles is 2. The van der Waals surface area contributed by atoms with Gasteiger partial charge in [-0.05, 0) is 38.4 Å². The molecule has 4 heteroatoms. The van der Waals surface area contributed by atoms with Crippen LogP contribution in [0.4, 0.5) is 0 Å². The smallest absolute Gasteiger partial charge is 0.138 e. The number of hydrogen-bond donors (Lipinski definition) is 0. The number of benzene rings is 3. The van der Waals surface area contributed by atoms with Crippen LogP contribution in [0.1, 0.15) is 5.56 Å². The van der Waals surface area contributed by atoms with Crippen LogP contribution < -0.4 is 10.4 Å². The Bertz CT molecular complexity index is 1390. The van der Waals surface area contributed by atoms with Gasteiger partial charge in [-0.2, -0.15) is 10.5 Å². The first-order valence-electron chi connectivity index (χ1n) is 8.84. The molecule has 1 unspecified atom stereocenters. The summed E-state index contributed by atoms with van der Waals surface area (Å²) in [6, 6.07) is 18.0. The Morgan fingerprint density at radius 3 is 2.25 bits per heavy atom. The molecule has 132 valence electrons. The second-order valence-corrected chi connectivity index (χ2v) is 6.49. The molecule has 4 rings (SSSR count). The fourth-order valence-corrected chi connectivity index (χ4v) is 3.67. The van der Waals surface area contributed by atoms with E-state index in [0.717, 1.165) is 37.9 Å². The summed E-state index contributed by atoms with van der Waals surface area (Å²) in [5.74, 6) is 0. The molecule has 3 aromatic carbocycles. The van der Waals surface area contributed by atoms with Gasteiger partial charge in [-0.1, -0.05) is 49.1 Å². The Balaban J connectivity index is 2.45. The highest BCUT2D eigenvalue weighted by molar-refractivity contribution is 6.18. The maximum absolute atomic E-state index is 9.59. The van der Waals surface area contributed by atoms with E-state index in [-0.39, 0.29) is 11.6 Å². The zero-order valence-corrected chi connectivity index (χ0v) is 15.3. The number of aliphatic imine (C=N–C) groups is 2. The zero-order valence-electron chi connectivity index (χ0n) is 15.3. The first-order chi connectivity index (χ1) is 13.7. The minimum atomic E-state index is 0.00364. The van der Waals surface area contributed by atoms with Crippen LogP contribution in [0.25, 0.3) is 38.8 Å². The van der Waals surface area contributed by atoms with Gasteiger partial charge < -0.3 is 0 Å². The van der Waals surface area contributed by atoms with E-state index >= 15 is 0 Å². The quantitative estimate of drug-likeness (QED) is 0.532. The van der Waals surface area contributed by atoms with Gasteiger partial charge in [-0.25, -0.2) is 0 Å². The predicted molar refractivity (Wildman–Crippen MR) is 116 cm³/mol. The highest BCUT2D eigenvalue weighted by atomic mass is 14.9. The Morgan fingerprint density at radius 2 is 1.68 bits per heavy atom. The van der Waals surface area contributed by atoms with Crippen molar-refractivity contribution in [1.29, 1.82) is 10.5 Å². The van der Waals surface area contributed by atoms with Gasteiger partial charge in [0.05, 0.1) is 0 Å². The van der Waals surface area contributed by atoms with Crippen molar-refractivity contribution in [3.63, 3.8) is 0 Å². The third kappa shape index (κ3) is 2.69. The van der Waals surface area contributed by atoms with E-state index in [1.165, 1.54) is 0 Å². The average molecular weight is 360 g/mol. The highest BCUT2D eigenvalue weighted by Crippen LogP contribution is 2.21. The largest absolute Gasteiger partial charge is 0.296 e. The van der Waals surface area contributed by atoms with Crippen LogP contribution in [0.3, 0.4) is 0 Å². The van der Waals surface area contributed by atoms with E-state index in [0.29, 0.717) is 5.22 Å². The summed E-state index contributed by atoms with van der Waals surface area (Å²) < 4.78 is 0. The molecule has 0 saturated carbocycles. The van der Waals surface area contributed by atoms with Gasteiger partial charge in [0, 0.05) is 30.3 Å². The van der Waals surface area contributed by atoms with Crippen molar-refractivity contribution in [1.82, 2.24) is 0 Å². The summed E-state index contributed by atoms with van der Waals surface area (Å²) >= 11 is 0. The Morgan fingerprint density at radius 1 is 1.04 bits per heavy atom. The van der Waals surface area contributed by atoms with Crippen molar-refractivity contribution in [2.24, 2.45) is 9.98 Å². The molecule has 4 nitrogen and oxygen atoms in total. The summed E-state index contributed by atoms with van der Waals surface area (Å²) in [5.41, 5.74) is 2.08. The van der Waals surface area contributed by atoms with Gasteiger partial charge >= 0.3 is 0 Å². The second-order valence-electron chi connectivity index (χ2n) is 6.49. The van der Waals surface area contributed by atoms with E-state index in [2.05, 4.69) is 28.7 Å². The lowest BCUT2D eigenvalue weighted by Gasteiger charge is -2.11. The van der Waals surface area contributed by atoms with Crippen LogP contribution in [0.5, 0.6) is 0 Å². The lowest BCUT2D eigenvalue weighted by atomic mass is 9.91. The summed E-state index contributed by atoms with van der Waals surface area (Å²) in [5, 5.41) is 24.5. The number of nitrogens with zero attached hydrogens (tertiary/aromatic N) is 4. The maximum atomic E-state index is 9.59. The standard InChI is InChI=1S/C24H16N4/c1-3-15-8-9-19-20(10-15)24(21(13-27-2)22-14-28-22)18-7-5-4-6-17(18)23(19)16(11-25)12-26/h3-10,13-14,22H,1H2,2H3/b24-21+,27-13?. The average Bonchev–Trinajstić information content (AvgIpc) is 3.57. The first kappa shape index (κ1) is 17.4. The van der Waals surface area contributed by atoms with E-state index in [9.17, 15) is 10.5 Å². The molecule has 0 N–H and O–H groups in total. The number of hydrogen-bond acceptors (Lipinski definition) is 4. The third-order valence-electron chi connectivity index (χ3n) is 4.93. The summed E-state index contributed by atoms with van der Waals surface area (Å²) in [4.78, 5) is 8.61. The van der Waals surface area contributed by atoms with Crippen molar-refractivity contribution in [2.45, 2.75) is 6.04 Å². The minimum Gasteiger partial charge on any atom is -0.296 e. The molecule has 1 heterocycles. The molecule has 1 aliphatic rings. The van der Waals surface area contributed by atoms with Gasteiger partial charge in [-0.3, -0.25) is 9.98 Å². The van der Waals surface area contributed by atoms with E-state index in [4.69, 9.17) is 0 Å². The normalized spacial score (nSPS) is 16.0. The van der Waals surface area contributed by atoms with Crippen LogP contribution in [0.2, 0.25) is 0 Å². The van der Waals surface area contributed by atoms with Crippen molar-refractivity contribution in [2.75, 3.05) is 7.05 Å². The molecule has 0 bridgehead atoms. The van der Waals surface area contributed by atoms with E-state index in [1.54, 1.807) is 13.1 Å². The lowest BCUT2D eigenvalue weighted by Crippen LogP contribution is -2.21. The molecule has 0 aromatic heterocycles. The van der Waals surface area contributed by atoms with Crippen LogP contribution in [0, 0.1) is 22.7 Å². The van der Waals surface area contributed by atoms with Gasteiger partial charge in [-0.15, -0.1) is 0 Å². The van der Waals surface area contributed by atoms with E-state index < -0.39 is 0 Å². The van der Waals surface area contributed by atoms with Crippen molar-refractivity contribution < 1.29 is 0 Å². The first-order valence-corrected chi connectivity index (χ1v) is 8.84. The molecular formula is C24H16N4. The fraction of sp³-hybridized carbons (Fsp3) is 0.0833. The molecule has 1 aliphatic heterocycles. The van der Waals surface area contributed by atoms with Gasteiger partial charge in [0.25, 0.3) is 0 Å². The molecule has 28 heavy (non-hydrogen) atoms. The summed E-state index contributed by atoms with van der Waals surface area (Å²) in [6.45, 7) is 3.88. The molecule has 0 aliphatic carbocycles. The Hall–Kier alpha value is -4.02. The van der Waals surface area contributed by atoms with Crippen LogP contribution in [-0.4, -0.2) is 25.5 Å². The van der Waals surface area contributed by atoms with Crippen molar-refractivity contribution >= 4 is 51.2 Å². The number of fused-ring (bicyclic) bond motifs is 2. The predicted octanol–water partition coefficient (Wildman–Crippen LogP) is 3.14. The molecule has 0 fully saturated rings. The fourth-order valence-electron chi connectivity index (χ4n) is 3.67. The maximum Gasteiger partial charge on any atom is 0.138 e. The molecule has 0 saturated heterocycles. The minimum absolute atomic E-state index is 0.00364. The molecule has 3 aromatic rings. The monoisotopic (exact) mass is 360 g/mol. The van der Waals surface area contributed by atoms with Crippen molar-refractivity contribution in [3.05, 3.63) is 65.0 Å². The molecule has 0 amide bonds. The topological polar surface area (TPSA) is 72.3 Å². The Kier molecular flexibility index (Phi) is 4.32. The SMILES string of the molecule is C=Cc1ccc2c(=C(C#N)C#N)c3ccccc3/c(=C(/C=NC)C3C=N3)c2c1.